The van der Waals surface area contributed by atoms with Crippen LogP contribution in [0.3, 0.4) is 0 Å². The van der Waals surface area contributed by atoms with E-state index in [2.05, 4.69) is 0 Å². The maximum Gasteiger partial charge on any atom is 0.119 e. The number of aromatic hydroxyl groups is 3. The smallest absolute Gasteiger partial charge is 0.119 e. The molecule has 1 unspecified atom stereocenters. The average Bonchev–Trinajstić information content (AvgIpc) is 2.31. The second-order valence-corrected chi connectivity index (χ2v) is 4.55. The van der Waals surface area contributed by atoms with Gasteiger partial charge in [0, 0.05) is 6.07 Å². The Balaban J connectivity index is 2.16. The molecule has 0 aliphatic heterocycles. The van der Waals surface area contributed by atoms with Crippen molar-refractivity contribution < 1.29 is 15.3 Å². The van der Waals surface area contributed by atoms with E-state index in [9.17, 15) is 15.3 Å². The number of benzene rings is 2. The first-order chi connectivity index (χ1) is 8.54. The van der Waals surface area contributed by atoms with Gasteiger partial charge in [-0.3, -0.25) is 0 Å². The van der Waals surface area contributed by atoms with E-state index >= 15 is 0 Å². The van der Waals surface area contributed by atoms with Gasteiger partial charge >= 0.3 is 0 Å². The Hall–Kier alpha value is -2.16. The van der Waals surface area contributed by atoms with Crippen LogP contribution in [0, 0.1) is 0 Å². The highest BCUT2D eigenvalue weighted by Gasteiger charge is 2.09. The highest BCUT2D eigenvalue weighted by molar-refractivity contribution is 5.39. The summed E-state index contributed by atoms with van der Waals surface area (Å²) >= 11 is 0. The molecule has 3 nitrogen and oxygen atoms in total. The highest BCUT2D eigenvalue weighted by atomic mass is 16.3. The van der Waals surface area contributed by atoms with E-state index in [1.165, 1.54) is 6.07 Å². The molecule has 0 aliphatic rings. The van der Waals surface area contributed by atoms with Gasteiger partial charge in [-0.25, -0.2) is 0 Å². The van der Waals surface area contributed by atoms with E-state index in [0.29, 0.717) is 0 Å². The second kappa shape index (κ2) is 5.00. The maximum absolute atomic E-state index is 9.45. The molecule has 18 heavy (non-hydrogen) atoms. The molecule has 0 aromatic heterocycles. The van der Waals surface area contributed by atoms with Gasteiger partial charge in [0.15, 0.2) is 0 Å². The van der Waals surface area contributed by atoms with Crippen LogP contribution in [0.15, 0.2) is 42.5 Å². The first-order valence-corrected chi connectivity index (χ1v) is 5.85. The fourth-order valence-electron chi connectivity index (χ4n) is 2.01. The summed E-state index contributed by atoms with van der Waals surface area (Å²) in [7, 11) is 0. The van der Waals surface area contributed by atoms with Crippen LogP contribution in [0.5, 0.6) is 17.2 Å². The summed E-state index contributed by atoms with van der Waals surface area (Å²) < 4.78 is 0. The fourth-order valence-corrected chi connectivity index (χ4v) is 2.01. The summed E-state index contributed by atoms with van der Waals surface area (Å²) in [6, 6.07) is 11.7. The number of hydrogen-bond acceptors (Lipinski definition) is 3. The molecule has 1 atom stereocenters. The quantitative estimate of drug-likeness (QED) is 0.777. The molecule has 0 spiro atoms. The number of rotatable bonds is 3. The zero-order valence-electron chi connectivity index (χ0n) is 10.2. The predicted octanol–water partition coefficient (Wildman–Crippen LogP) is 3.15. The van der Waals surface area contributed by atoms with Crippen molar-refractivity contribution in [3.05, 3.63) is 53.6 Å². The summed E-state index contributed by atoms with van der Waals surface area (Å²) in [5.41, 5.74) is 1.99. The normalized spacial score (nSPS) is 12.3. The van der Waals surface area contributed by atoms with Gasteiger partial charge in [-0.05, 0) is 47.7 Å². The maximum atomic E-state index is 9.45. The Kier molecular flexibility index (Phi) is 3.42. The Labute approximate surface area is 106 Å². The zero-order valence-corrected chi connectivity index (χ0v) is 10.2. The van der Waals surface area contributed by atoms with E-state index in [1.807, 2.05) is 19.1 Å². The van der Waals surface area contributed by atoms with Gasteiger partial charge < -0.3 is 15.3 Å². The standard InChI is InChI=1S/C15H16O3/c1-10(6-11-2-4-13(16)5-3-11)12-7-14(17)9-15(18)8-12/h2-5,7-10,16-18H,6H2,1H3. The lowest BCUT2D eigenvalue weighted by atomic mass is 9.93. The number of hydrogen-bond donors (Lipinski definition) is 3. The molecule has 2 aromatic carbocycles. The monoisotopic (exact) mass is 244 g/mol. The molecule has 0 saturated heterocycles. The van der Waals surface area contributed by atoms with Crippen LogP contribution in [-0.2, 0) is 6.42 Å². The summed E-state index contributed by atoms with van der Waals surface area (Å²) in [5.74, 6) is 0.569. The van der Waals surface area contributed by atoms with Crippen molar-refractivity contribution >= 4 is 0 Å². The van der Waals surface area contributed by atoms with Gasteiger partial charge in [-0.2, -0.15) is 0 Å². The third-order valence-corrected chi connectivity index (χ3v) is 2.97. The van der Waals surface area contributed by atoms with Crippen molar-refractivity contribution in [2.45, 2.75) is 19.3 Å². The van der Waals surface area contributed by atoms with Crippen LogP contribution >= 0.6 is 0 Å². The molecule has 0 bridgehead atoms. The minimum atomic E-state index is 0.0718. The second-order valence-electron chi connectivity index (χ2n) is 4.55. The van der Waals surface area contributed by atoms with Crippen molar-refractivity contribution in [3.63, 3.8) is 0 Å². The summed E-state index contributed by atoms with van der Waals surface area (Å²) in [6.07, 6.45) is 0.781. The van der Waals surface area contributed by atoms with Gasteiger partial charge in [-0.1, -0.05) is 19.1 Å². The lowest BCUT2D eigenvalue weighted by Gasteiger charge is -2.13. The molecule has 3 N–H and O–H groups in total. The lowest BCUT2D eigenvalue weighted by molar-refractivity contribution is 0.448. The van der Waals surface area contributed by atoms with Crippen LogP contribution in [0.1, 0.15) is 24.0 Å². The predicted molar refractivity (Wildman–Crippen MR) is 70.0 cm³/mol. The third kappa shape index (κ3) is 2.94. The zero-order chi connectivity index (χ0) is 13.1. The molecule has 0 saturated carbocycles. The van der Waals surface area contributed by atoms with Gasteiger partial charge in [-0.15, -0.1) is 0 Å². The third-order valence-electron chi connectivity index (χ3n) is 2.97. The van der Waals surface area contributed by atoms with Crippen LogP contribution in [0.2, 0.25) is 0 Å². The van der Waals surface area contributed by atoms with E-state index in [1.54, 1.807) is 24.3 Å². The fraction of sp³-hybridized carbons (Fsp3) is 0.200. The van der Waals surface area contributed by atoms with E-state index in [0.717, 1.165) is 17.5 Å². The van der Waals surface area contributed by atoms with Crippen LogP contribution in [0.25, 0.3) is 0 Å². The first kappa shape index (κ1) is 12.3. The molecule has 0 heterocycles. The molecule has 94 valence electrons. The van der Waals surface area contributed by atoms with Crippen molar-refractivity contribution in [1.29, 1.82) is 0 Å². The molecule has 0 fully saturated rings. The van der Waals surface area contributed by atoms with Gasteiger partial charge in [0.2, 0.25) is 0 Å². The van der Waals surface area contributed by atoms with E-state index in [-0.39, 0.29) is 23.2 Å². The lowest BCUT2D eigenvalue weighted by Crippen LogP contribution is -1.98. The van der Waals surface area contributed by atoms with E-state index in [4.69, 9.17) is 0 Å². The minimum absolute atomic E-state index is 0.0718. The van der Waals surface area contributed by atoms with E-state index < -0.39 is 0 Å². The number of phenols is 3. The minimum Gasteiger partial charge on any atom is -0.508 e. The van der Waals surface area contributed by atoms with Crippen molar-refractivity contribution in [3.8, 4) is 17.2 Å². The Bertz CT molecular complexity index is 512. The number of phenolic OH excluding ortho intramolecular Hbond substituents is 3. The topological polar surface area (TPSA) is 60.7 Å². The molecule has 3 heteroatoms. The largest absolute Gasteiger partial charge is 0.508 e. The SMILES string of the molecule is CC(Cc1ccc(O)cc1)c1cc(O)cc(O)c1. The van der Waals surface area contributed by atoms with Gasteiger partial charge in [0.25, 0.3) is 0 Å². The molecule has 0 aliphatic carbocycles. The van der Waals surface area contributed by atoms with Crippen molar-refractivity contribution in [2.75, 3.05) is 0 Å². The Morgan fingerprint density at radius 2 is 1.39 bits per heavy atom. The summed E-state index contributed by atoms with van der Waals surface area (Å²) in [5, 5.41) is 28.1. The molecule has 0 amide bonds. The first-order valence-electron chi connectivity index (χ1n) is 5.85. The van der Waals surface area contributed by atoms with Crippen molar-refractivity contribution in [2.24, 2.45) is 0 Å². The van der Waals surface area contributed by atoms with Crippen LogP contribution in [0.4, 0.5) is 0 Å². The Morgan fingerprint density at radius 1 is 0.833 bits per heavy atom. The molecule has 2 aromatic rings. The molecule has 0 radical (unpaired) electrons. The molecular weight excluding hydrogens is 228 g/mol. The molecular formula is C15H16O3. The van der Waals surface area contributed by atoms with Crippen LogP contribution < -0.4 is 0 Å². The molecule has 2 rings (SSSR count). The van der Waals surface area contributed by atoms with Crippen molar-refractivity contribution in [1.82, 2.24) is 0 Å². The van der Waals surface area contributed by atoms with Crippen LogP contribution in [-0.4, -0.2) is 15.3 Å². The summed E-state index contributed by atoms with van der Waals surface area (Å²) in [6.45, 7) is 2.03. The van der Waals surface area contributed by atoms with Gasteiger partial charge in [0.1, 0.15) is 17.2 Å². The highest BCUT2D eigenvalue weighted by Crippen LogP contribution is 2.28. The van der Waals surface area contributed by atoms with Gasteiger partial charge in [0.05, 0.1) is 0 Å². The summed E-state index contributed by atoms with van der Waals surface area (Å²) in [4.78, 5) is 0. The average molecular weight is 244 g/mol. The Morgan fingerprint density at radius 3 is 1.94 bits per heavy atom.